The smallest absolute Gasteiger partial charge is 0.406 e. The number of amides is 1. The molecule has 0 aliphatic carbocycles. The number of carbonyl (C=O) groups is 2. The molecule has 1 aromatic heterocycles. The van der Waals surface area contributed by atoms with Gasteiger partial charge < -0.3 is 14.4 Å². The molecule has 104 valence electrons. The topological polar surface area (TPSA) is 70.8 Å². The van der Waals surface area contributed by atoms with Crippen LogP contribution in [0.25, 0.3) is 0 Å². The van der Waals surface area contributed by atoms with Gasteiger partial charge in [0.2, 0.25) is 0 Å². The lowest BCUT2D eigenvalue weighted by molar-refractivity contribution is -0.227. The minimum Gasteiger partial charge on any atom is -0.481 e. The maximum atomic E-state index is 12.9. The maximum absolute atomic E-state index is 12.9. The Hall–Kier alpha value is -1.99. The van der Waals surface area contributed by atoms with E-state index < -0.39 is 36.4 Å². The first-order valence-corrected chi connectivity index (χ1v) is 5.39. The molecule has 8 heteroatoms. The molecule has 1 unspecified atom stereocenters. The summed E-state index contributed by atoms with van der Waals surface area (Å²) in [5.41, 5.74) is -2.78. The van der Waals surface area contributed by atoms with Crippen molar-refractivity contribution in [3.63, 3.8) is 0 Å². The second-order valence-corrected chi connectivity index (χ2v) is 4.37. The number of carbonyl (C=O) groups excluding carboxylic acids is 1. The lowest BCUT2D eigenvalue weighted by Crippen LogP contribution is -2.47. The average molecular weight is 277 g/mol. The van der Waals surface area contributed by atoms with Crippen LogP contribution in [0.5, 0.6) is 0 Å². The molecule has 19 heavy (non-hydrogen) atoms. The predicted octanol–water partition coefficient (Wildman–Crippen LogP) is 1.76. The molecule has 0 bridgehead atoms. The predicted molar refractivity (Wildman–Crippen MR) is 55.4 cm³/mol. The summed E-state index contributed by atoms with van der Waals surface area (Å²) < 4.78 is 43.4. The van der Waals surface area contributed by atoms with Crippen LogP contribution in [-0.4, -0.2) is 41.1 Å². The number of carboxylic acids is 1. The highest BCUT2D eigenvalue weighted by molar-refractivity contribution is 5.94. The molecule has 0 aromatic carbocycles. The summed E-state index contributed by atoms with van der Waals surface area (Å²) >= 11 is 0. The van der Waals surface area contributed by atoms with Crippen molar-refractivity contribution in [3.8, 4) is 0 Å². The van der Waals surface area contributed by atoms with Crippen LogP contribution in [0.2, 0.25) is 0 Å². The molecule has 0 radical (unpaired) electrons. The highest BCUT2D eigenvalue weighted by Gasteiger charge is 2.64. The number of likely N-dealkylation sites (tertiary alicyclic amines) is 1. The fourth-order valence-corrected chi connectivity index (χ4v) is 2.08. The highest BCUT2D eigenvalue weighted by Crippen LogP contribution is 2.45. The zero-order valence-electron chi connectivity index (χ0n) is 9.61. The van der Waals surface area contributed by atoms with Crippen molar-refractivity contribution < 1.29 is 32.3 Å². The van der Waals surface area contributed by atoms with Gasteiger partial charge in [0.15, 0.2) is 5.41 Å². The van der Waals surface area contributed by atoms with Crippen molar-refractivity contribution in [1.82, 2.24) is 4.90 Å². The maximum Gasteiger partial charge on any atom is 0.406 e. The van der Waals surface area contributed by atoms with E-state index in [4.69, 9.17) is 5.11 Å². The van der Waals surface area contributed by atoms with Gasteiger partial charge in [0.25, 0.3) is 5.91 Å². The average Bonchev–Trinajstić information content (AvgIpc) is 2.97. The van der Waals surface area contributed by atoms with Crippen LogP contribution in [0, 0.1) is 5.41 Å². The Morgan fingerprint density at radius 2 is 2.11 bits per heavy atom. The number of hydrogen-bond donors (Lipinski definition) is 1. The van der Waals surface area contributed by atoms with Gasteiger partial charge in [0, 0.05) is 13.1 Å². The molecule has 0 spiro atoms. The molecule has 5 nitrogen and oxygen atoms in total. The third kappa shape index (κ3) is 2.06. The van der Waals surface area contributed by atoms with Crippen LogP contribution >= 0.6 is 0 Å². The van der Waals surface area contributed by atoms with Gasteiger partial charge in [0.05, 0.1) is 11.8 Å². The van der Waals surface area contributed by atoms with Crippen LogP contribution in [0.3, 0.4) is 0 Å². The summed E-state index contributed by atoms with van der Waals surface area (Å²) in [6.07, 6.45) is -3.21. The van der Waals surface area contributed by atoms with E-state index in [1.165, 1.54) is 12.3 Å². The second-order valence-electron chi connectivity index (χ2n) is 4.37. The zero-order valence-corrected chi connectivity index (χ0v) is 9.61. The Labute approximate surface area is 105 Å². The van der Waals surface area contributed by atoms with Crippen LogP contribution in [0.1, 0.15) is 16.8 Å². The fraction of sp³-hybridized carbons (Fsp3) is 0.455. The van der Waals surface area contributed by atoms with E-state index in [1.807, 2.05) is 0 Å². The third-order valence-corrected chi connectivity index (χ3v) is 3.28. The normalized spacial score (nSPS) is 23.6. The van der Waals surface area contributed by atoms with Gasteiger partial charge in [-0.05, 0) is 12.5 Å². The molecule has 1 aliphatic rings. The second kappa shape index (κ2) is 4.29. The number of alkyl halides is 3. The Morgan fingerprint density at radius 1 is 1.42 bits per heavy atom. The van der Waals surface area contributed by atoms with Crippen molar-refractivity contribution in [2.45, 2.75) is 12.6 Å². The number of hydrogen-bond acceptors (Lipinski definition) is 3. The van der Waals surface area contributed by atoms with Crippen LogP contribution < -0.4 is 0 Å². The number of halogens is 3. The molecule has 0 saturated carbocycles. The van der Waals surface area contributed by atoms with Crippen molar-refractivity contribution in [2.75, 3.05) is 13.1 Å². The Morgan fingerprint density at radius 3 is 2.53 bits per heavy atom. The van der Waals surface area contributed by atoms with Crippen LogP contribution in [-0.2, 0) is 4.79 Å². The molecular weight excluding hydrogens is 267 g/mol. The molecule has 1 saturated heterocycles. The largest absolute Gasteiger partial charge is 0.481 e. The van der Waals surface area contributed by atoms with Gasteiger partial charge in [-0.1, -0.05) is 0 Å². The van der Waals surface area contributed by atoms with Crippen molar-refractivity contribution >= 4 is 11.9 Å². The highest BCUT2D eigenvalue weighted by atomic mass is 19.4. The molecule has 1 amide bonds. The van der Waals surface area contributed by atoms with E-state index in [9.17, 15) is 22.8 Å². The van der Waals surface area contributed by atoms with Crippen LogP contribution in [0.15, 0.2) is 23.0 Å². The van der Waals surface area contributed by atoms with Gasteiger partial charge in [-0.15, -0.1) is 0 Å². The molecule has 1 atom stereocenters. The summed E-state index contributed by atoms with van der Waals surface area (Å²) in [6, 6.07) is 1.32. The van der Waals surface area contributed by atoms with Crippen molar-refractivity contribution in [2.24, 2.45) is 5.41 Å². The minimum atomic E-state index is -4.90. The monoisotopic (exact) mass is 277 g/mol. The lowest BCUT2D eigenvalue weighted by atomic mass is 9.86. The van der Waals surface area contributed by atoms with Gasteiger partial charge in [-0.2, -0.15) is 13.2 Å². The van der Waals surface area contributed by atoms with E-state index in [0.717, 1.165) is 11.2 Å². The summed E-state index contributed by atoms with van der Waals surface area (Å²) in [7, 11) is 0. The Bertz CT molecular complexity index is 497. The van der Waals surface area contributed by atoms with Crippen molar-refractivity contribution in [1.29, 1.82) is 0 Å². The summed E-state index contributed by atoms with van der Waals surface area (Å²) in [4.78, 5) is 23.7. The molecule has 1 aliphatic heterocycles. The SMILES string of the molecule is O=C(c1ccoc1)N1CCC(C(=O)O)(C(F)(F)F)C1. The number of furan rings is 1. The van der Waals surface area contributed by atoms with Gasteiger partial charge in [-0.3, -0.25) is 9.59 Å². The molecule has 1 fully saturated rings. The Balaban J connectivity index is 2.23. The quantitative estimate of drug-likeness (QED) is 0.894. The van der Waals surface area contributed by atoms with E-state index in [1.54, 1.807) is 0 Å². The van der Waals surface area contributed by atoms with E-state index in [2.05, 4.69) is 4.42 Å². The molecular formula is C11H10F3NO4. The van der Waals surface area contributed by atoms with Gasteiger partial charge in [-0.25, -0.2) is 0 Å². The number of nitrogens with zero attached hydrogens (tertiary/aromatic N) is 1. The first-order chi connectivity index (χ1) is 8.78. The number of carboxylic acid groups (broad SMARTS) is 1. The first-order valence-electron chi connectivity index (χ1n) is 5.39. The summed E-state index contributed by atoms with van der Waals surface area (Å²) in [5.74, 6) is -2.62. The minimum absolute atomic E-state index is 0.100. The first kappa shape index (κ1) is 13.4. The Kier molecular flexibility index (Phi) is 3.03. The molecule has 1 aromatic rings. The third-order valence-electron chi connectivity index (χ3n) is 3.28. The summed E-state index contributed by atoms with van der Waals surface area (Å²) in [6.45, 7) is -1.13. The number of aliphatic carboxylic acids is 1. The van der Waals surface area contributed by atoms with Gasteiger partial charge in [0.1, 0.15) is 6.26 Å². The van der Waals surface area contributed by atoms with Crippen molar-refractivity contribution in [3.05, 3.63) is 24.2 Å². The standard InChI is InChI=1S/C11H10F3NO4/c12-11(13,14)10(9(17)18)2-3-15(6-10)8(16)7-1-4-19-5-7/h1,4-5H,2-3,6H2,(H,17,18). The summed E-state index contributed by atoms with van der Waals surface area (Å²) in [5, 5.41) is 8.85. The number of rotatable bonds is 2. The van der Waals surface area contributed by atoms with Crippen LogP contribution in [0.4, 0.5) is 13.2 Å². The molecule has 1 N–H and O–H groups in total. The van der Waals surface area contributed by atoms with E-state index in [0.29, 0.717) is 0 Å². The fourth-order valence-electron chi connectivity index (χ4n) is 2.08. The zero-order chi connectivity index (χ0) is 14.3. The van der Waals surface area contributed by atoms with Gasteiger partial charge >= 0.3 is 12.1 Å². The molecule has 2 rings (SSSR count). The van der Waals surface area contributed by atoms with E-state index in [-0.39, 0.29) is 12.1 Å². The lowest BCUT2D eigenvalue weighted by Gasteiger charge is -2.27. The molecule has 2 heterocycles. The van der Waals surface area contributed by atoms with E-state index >= 15 is 0 Å².